The topological polar surface area (TPSA) is 78.9 Å². The predicted molar refractivity (Wildman–Crippen MR) is 109 cm³/mol. The van der Waals surface area contributed by atoms with Gasteiger partial charge < -0.3 is 5.43 Å². The standard InChI is InChI=1S/C14H8F3NOS.C6H7ClN2/c15-14(16,17)13-10(9-4-2-1-3-5-9)8-12(20-13)11(19)6-7-18;7-5-2-1-3-6(4-5)9-8/h1-5,8H,6H2;1-4,9H,8H2. The van der Waals surface area contributed by atoms with E-state index in [0.29, 0.717) is 21.9 Å². The fraction of sp³-hybridized carbons (Fsp3) is 0.100. The van der Waals surface area contributed by atoms with Crippen molar-refractivity contribution >= 4 is 34.4 Å². The highest BCUT2D eigenvalue weighted by Crippen LogP contribution is 2.43. The smallest absolute Gasteiger partial charge is 0.324 e. The molecular formula is C20H15ClF3N3OS. The molecule has 1 aromatic heterocycles. The van der Waals surface area contributed by atoms with Gasteiger partial charge in [-0.1, -0.05) is 48.0 Å². The number of alkyl halides is 3. The summed E-state index contributed by atoms with van der Waals surface area (Å²) in [6, 6.07) is 18.1. The van der Waals surface area contributed by atoms with Crippen LogP contribution < -0.4 is 11.3 Å². The first-order valence-corrected chi connectivity index (χ1v) is 9.34. The number of nitrogen functional groups attached to an aromatic ring is 1. The maximum atomic E-state index is 13.0. The molecule has 0 unspecified atom stereocenters. The van der Waals surface area contributed by atoms with Crippen molar-refractivity contribution in [3.05, 3.63) is 75.4 Å². The van der Waals surface area contributed by atoms with Crippen molar-refractivity contribution in [2.45, 2.75) is 12.6 Å². The van der Waals surface area contributed by atoms with Crippen LogP contribution in [0.2, 0.25) is 5.02 Å². The Bertz CT molecular complexity index is 1010. The van der Waals surface area contributed by atoms with E-state index in [-0.39, 0.29) is 10.4 Å². The van der Waals surface area contributed by atoms with Gasteiger partial charge >= 0.3 is 6.18 Å². The number of nitrogens with one attached hydrogen (secondary N) is 1. The van der Waals surface area contributed by atoms with Gasteiger partial charge in [0.2, 0.25) is 0 Å². The number of benzene rings is 2. The Balaban J connectivity index is 0.000000278. The van der Waals surface area contributed by atoms with Crippen molar-refractivity contribution in [1.82, 2.24) is 0 Å². The number of hydrogen-bond acceptors (Lipinski definition) is 5. The second-order valence-electron chi connectivity index (χ2n) is 5.63. The number of thiophene rings is 1. The number of halogens is 4. The van der Waals surface area contributed by atoms with E-state index in [4.69, 9.17) is 22.7 Å². The van der Waals surface area contributed by atoms with Gasteiger partial charge in [-0.3, -0.25) is 10.6 Å². The van der Waals surface area contributed by atoms with Gasteiger partial charge in [0, 0.05) is 16.3 Å². The summed E-state index contributed by atoms with van der Waals surface area (Å²) in [5.41, 5.74) is 3.68. The van der Waals surface area contributed by atoms with Crippen molar-refractivity contribution in [3.63, 3.8) is 0 Å². The lowest BCUT2D eigenvalue weighted by Gasteiger charge is -2.07. The number of hydrogen-bond donors (Lipinski definition) is 2. The van der Waals surface area contributed by atoms with Crippen LogP contribution in [0.15, 0.2) is 60.7 Å². The second-order valence-corrected chi connectivity index (χ2v) is 7.12. The normalized spacial score (nSPS) is 10.5. The minimum Gasteiger partial charge on any atom is -0.324 e. The number of ketones is 1. The molecule has 0 aliphatic carbocycles. The van der Waals surface area contributed by atoms with Crippen molar-refractivity contribution in [1.29, 1.82) is 5.26 Å². The summed E-state index contributed by atoms with van der Waals surface area (Å²) in [6.07, 6.45) is -4.95. The van der Waals surface area contributed by atoms with Gasteiger partial charge in [0.15, 0.2) is 5.78 Å². The molecular weight excluding hydrogens is 423 g/mol. The van der Waals surface area contributed by atoms with Crippen LogP contribution >= 0.6 is 22.9 Å². The third-order valence-electron chi connectivity index (χ3n) is 3.58. The number of anilines is 1. The Morgan fingerprint density at radius 1 is 1.14 bits per heavy atom. The molecule has 0 amide bonds. The molecule has 0 fully saturated rings. The number of nitriles is 1. The SMILES string of the molecule is N#CCC(=O)c1cc(-c2ccccc2)c(C(F)(F)F)s1.NNc1cccc(Cl)c1. The van der Waals surface area contributed by atoms with E-state index in [9.17, 15) is 18.0 Å². The molecule has 0 aliphatic heterocycles. The number of rotatable bonds is 4. The van der Waals surface area contributed by atoms with E-state index < -0.39 is 23.3 Å². The minimum atomic E-state index is -4.53. The first kappa shape index (κ1) is 22.4. The Morgan fingerprint density at radius 2 is 1.83 bits per heavy atom. The molecule has 3 N–H and O–H groups in total. The second kappa shape index (κ2) is 10.1. The summed E-state index contributed by atoms with van der Waals surface area (Å²) in [6.45, 7) is 0. The van der Waals surface area contributed by atoms with Crippen LogP contribution in [0.3, 0.4) is 0 Å². The summed E-state index contributed by atoms with van der Waals surface area (Å²) in [5, 5.41) is 9.15. The largest absolute Gasteiger partial charge is 0.426 e. The average molecular weight is 438 g/mol. The Morgan fingerprint density at radius 3 is 2.34 bits per heavy atom. The van der Waals surface area contributed by atoms with Crippen LogP contribution in [0.25, 0.3) is 11.1 Å². The molecule has 3 rings (SSSR count). The molecule has 0 saturated carbocycles. The molecule has 0 spiro atoms. The highest BCUT2D eigenvalue weighted by Gasteiger charge is 2.37. The van der Waals surface area contributed by atoms with Crippen LogP contribution in [-0.4, -0.2) is 5.78 Å². The Hall–Kier alpha value is -2.86. The Labute approximate surface area is 174 Å². The third-order valence-corrected chi connectivity index (χ3v) is 5.04. The number of carbonyl (C=O) groups excluding carboxylic acids is 1. The maximum Gasteiger partial charge on any atom is 0.426 e. The van der Waals surface area contributed by atoms with Crippen molar-refractivity contribution < 1.29 is 18.0 Å². The van der Waals surface area contributed by atoms with Gasteiger partial charge in [0.25, 0.3) is 0 Å². The molecule has 1 heterocycles. The quantitative estimate of drug-likeness (QED) is 0.291. The molecule has 9 heteroatoms. The van der Waals surface area contributed by atoms with Gasteiger partial charge in [0.1, 0.15) is 4.88 Å². The number of hydrazine groups is 1. The van der Waals surface area contributed by atoms with E-state index in [1.54, 1.807) is 48.5 Å². The van der Waals surface area contributed by atoms with Crippen LogP contribution in [0.5, 0.6) is 0 Å². The van der Waals surface area contributed by atoms with Crippen molar-refractivity contribution in [3.8, 4) is 17.2 Å². The summed E-state index contributed by atoms with van der Waals surface area (Å²) in [7, 11) is 0. The summed E-state index contributed by atoms with van der Waals surface area (Å²) in [5.74, 6) is 4.52. The first-order valence-electron chi connectivity index (χ1n) is 8.15. The van der Waals surface area contributed by atoms with Crippen molar-refractivity contribution in [2.75, 3.05) is 5.43 Å². The lowest BCUT2D eigenvalue weighted by Crippen LogP contribution is -2.05. The predicted octanol–water partition coefficient (Wildman–Crippen LogP) is 6.16. The van der Waals surface area contributed by atoms with Crippen molar-refractivity contribution in [2.24, 2.45) is 5.84 Å². The zero-order valence-electron chi connectivity index (χ0n) is 14.8. The van der Waals surface area contributed by atoms with Crippen LogP contribution in [-0.2, 0) is 6.18 Å². The molecule has 0 bridgehead atoms. The average Bonchev–Trinajstić information content (AvgIpc) is 3.16. The number of Topliss-reactive ketones (excluding diaryl/α,β-unsaturated/α-hetero) is 1. The molecule has 4 nitrogen and oxygen atoms in total. The summed E-state index contributed by atoms with van der Waals surface area (Å²) >= 11 is 6.01. The lowest BCUT2D eigenvalue weighted by atomic mass is 10.1. The highest BCUT2D eigenvalue weighted by atomic mass is 35.5. The maximum absolute atomic E-state index is 13.0. The zero-order chi connectivity index (χ0) is 21.4. The summed E-state index contributed by atoms with van der Waals surface area (Å²) in [4.78, 5) is 10.7. The Kier molecular flexibility index (Phi) is 7.79. The fourth-order valence-corrected chi connectivity index (χ4v) is 3.48. The van der Waals surface area contributed by atoms with E-state index in [0.717, 1.165) is 5.69 Å². The number of carbonyl (C=O) groups is 1. The highest BCUT2D eigenvalue weighted by molar-refractivity contribution is 7.14. The van der Waals surface area contributed by atoms with Gasteiger partial charge in [-0.25, -0.2) is 0 Å². The van der Waals surface area contributed by atoms with Crippen LogP contribution in [0, 0.1) is 11.3 Å². The fourth-order valence-electron chi connectivity index (χ4n) is 2.31. The van der Waals surface area contributed by atoms with E-state index >= 15 is 0 Å². The monoisotopic (exact) mass is 437 g/mol. The van der Waals surface area contributed by atoms with Gasteiger partial charge in [-0.15, -0.1) is 11.3 Å². The van der Waals surface area contributed by atoms with Gasteiger partial charge in [-0.05, 0) is 29.8 Å². The van der Waals surface area contributed by atoms with Crippen LogP contribution in [0.1, 0.15) is 21.0 Å². The van der Waals surface area contributed by atoms with E-state index in [2.05, 4.69) is 5.43 Å². The zero-order valence-corrected chi connectivity index (χ0v) is 16.4. The third kappa shape index (κ3) is 6.32. The molecule has 2 aromatic carbocycles. The molecule has 29 heavy (non-hydrogen) atoms. The molecule has 0 radical (unpaired) electrons. The summed E-state index contributed by atoms with van der Waals surface area (Å²) < 4.78 is 39.1. The van der Waals surface area contributed by atoms with Crippen LogP contribution in [0.4, 0.5) is 18.9 Å². The number of nitrogens with two attached hydrogens (primary N) is 1. The number of nitrogens with zero attached hydrogens (tertiary/aromatic N) is 1. The molecule has 0 saturated heterocycles. The van der Waals surface area contributed by atoms with Gasteiger partial charge in [0.05, 0.1) is 17.4 Å². The molecule has 3 aromatic rings. The first-order chi connectivity index (χ1) is 13.8. The van der Waals surface area contributed by atoms with E-state index in [1.807, 2.05) is 12.1 Å². The lowest BCUT2D eigenvalue weighted by molar-refractivity contribution is -0.133. The molecule has 150 valence electrons. The van der Waals surface area contributed by atoms with Gasteiger partial charge in [-0.2, -0.15) is 18.4 Å². The van der Waals surface area contributed by atoms with E-state index in [1.165, 1.54) is 6.07 Å². The molecule has 0 aliphatic rings. The minimum absolute atomic E-state index is 0.0237. The molecule has 0 atom stereocenters.